The number of likely N-dealkylation sites (tertiary alicyclic amines) is 1. The number of piperidine rings is 1. The second-order valence-corrected chi connectivity index (χ2v) is 11.2. The van der Waals surface area contributed by atoms with Crippen LogP contribution < -0.4 is 4.74 Å². The molecule has 0 bridgehead atoms. The summed E-state index contributed by atoms with van der Waals surface area (Å²) in [6.07, 6.45) is 9.69. The molecule has 0 spiro atoms. The third kappa shape index (κ3) is 5.77. The van der Waals surface area contributed by atoms with Gasteiger partial charge in [0, 0.05) is 66.2 Å². The molecule has 2 aliphatic rings. The van der Waals surface area contributed by atoms with Crippen molar-refractivity contribution >= 4 is 16.9 Å². The van der Waals surface area contributed by atoms with E-state index in [-0.39, 0.29) is 24.0 Å². The van der Waals surface area contributed by atoms with Gasteiger partial charge < -0.3 is 23.9 Å². The molecule has 2 aromatic heterocycles. The molecule has 0 amide bonds. The number of nitrogens with one attached hydrogen (secondary N) is 1. The molecule has 9 nitrogen and oxygen atoms in total. The number of hydrogen-bond acceptors (Lipinski definition) is 8. The molecule has 2 fully saturated rings. The number of aromatic nitrogens is 3. The fourth-order valence-corrected chi connectivity index (χ4v) is 6.52. The number of hydrogen-bond donors (Lipinski definition) is 1. The predicted molar refractivity (Wildman–Crippen MR) is 159 cm³/mol. The van der Waals surface area contributed by atoms with Crippen LogP contribution in [0, 0.1) is 6.92 Å². The molecule has 2 saturated heterocycles. The van der Waals surface area contributed by atoms with E-state index in [4.69, 9.17) is 18.9 Å². The summed E-state index contributed by atoms with van der Waals surface area (Å²) in [4.78, 5) is 27.7. The quantitative estimate of drug-likeness (QED) is 0.291. The number of fused-ring (bicyclic) bond motifs is 1. The van der Waals surface area contributed by atoms with E-state index in [0.717, 1.165) is 59.6 Å². The van der Waals surface area contributed by atoms with Gasteiger partial charge in [-0.2, -0.15) is 0 Å². The lowest BCUT2D eigenvalue weighted by molar-refractivity contribution is -0.0872. The van der Waals surface area contributed by atoms with Gasteiger partial charge in [-0.1, -0.05) is 12.1 Å². The van der Waals surface area contributed by atoms with Crippen molar-refractivity contribution in [3.63, 3.8) is 0 Å². The van der Waals surface area contributed by atoms with E-state index in [2.05, 4.69) is 51.0 Å². The fraction of sp³-hybridized carbons (Fsp3) is 0.424. The molecule has 9 heteroatoms. The zero-order valence-electron chi connectivity index (χ0n) is 24.5. The highest BCUT2D eigenvalue weighted by Crippen LogP contribution is 2.42. The zero-order valence-corrected chi connectivity index (χ0v) is 24.5. The van der Waals surface area contributed by atoms with Crippen molar-refractivity contribution in [1.29, 1.82) is 0 Å². The fourth-order valence-electron chi connectivity index (χ4n) is 6.52. The first-order valence-corrected chi connectivity index (χ1v) is 14.6. The lowest BCUT2D eigenvalue weighted by atomic mass is 9.83. The van der Waals surface area contributed by atoms with Crippen LogP contribution in [0.25, 0.3) is 10.9 Å². The zero-order chi connectivity index (χ0) is 29.1. The van der Waals surface area contributed by atoms with E-state index in [1.54, 1.807) is 19.5 Å². The molecule has 1 N–H and O–H groups in total. The number of aromatic amines is 1. The van der Waals surface area contributed by atoms with Crippen molar-refractivity contribution in [2.45, 2.75) is 50.8 Å². The molecule has 0 saturated carbocycles. The molecule has 0 radical (unpaired) electrons. The van der Waals surface area contributed by atoms with Crippen LogP contribution >= 0.6 is 0 Å². The van der Waals surface area contributed by atoms with Crippen LogP contribution in [0.4, 0.5) is 0 Å². The summed E-state index contributed by atoms with van der Waals surface area (Å²) in [6.45, 7) is 5.37. The van der Waals surface area contributed by atoms with Crippen molar-refractivity contribution in [2.24, 2.45) is 0 Å². The molecule has 0 unspecified atom stereocenters. The molecule has 220 valence electrons. The van der Waals surface area contributed by atoms with Crippen molar-refractivity contribution in [3.8, 4) is 5.75 Å². The first-order chi connectivity index (χ1) is 20.6. The average molecular weight is 571 g/mol. The van der Waals surface area contributed by atoms with Crippen LogP contribution in [0.1, 0.15) is 63.1 Å². The first kappa shape index (κ1) is 28.3. The first-order valence-electron chi connectivity index (χ1n) is 14.6. The maximum atomic E-state index is 12.8. The topological polar surface area (TPSA) is 98.8 Å². The molecular formula is C33H38N4O5. The van der Waals surface area contributed by atoms with E-state index >= 15 is 0 Å². The van der Waals surface area contributed by atoms with Crippen LogP contribution in [0.5, 0.6) is 5.75 Å². The average Bonchev–Trinajstić information content (AvgIpc) is 3.54. The molecule has 0 aliphatic carbocycles. The van der Waals surface area contributed by atoms with Gasteiger partial charge in [0.05, 0.1) is 51.4 Å². The minimum Gasteiger partial charge on any atom is -0.496 e. The standard InChI is InChI=1S/C33H38N4O5/c1-21-14-31(39-2)28(27-6-8-36-32(21)27)19-37-11-7-22(29-18-34-9-10-35-29)17-30(37)23-4-5-26(33(38)40-3)24(15-23)16-25-20-41-12-13-42-25/h4-6,8-10,14-15,18,22,25,30,36H,7,11-13,16-17,19-20H2,1-3H3/t22-,25+,30-/m0/s1. The van der Waals surface area contributed by atoms with Gasteiger partial charge in [-0.15, -0.1) is 0 Å². The van der Waals surface area contributed by atoms with E-state index < -0.39 is 0 Å². The van der Waals surface area contributed by atoms with Gasteiger partial charge in [-0.05, 0) is 61.2 Å². The molecule has 4 aromatic rings. The number of carbonyl (C=O) groups excluding carboxylic acids is 1. The molecule has 42 heavy (non-hydrogen) atoms. The number of rotatable bonds is 8. The SMILES string of the molecule is COC(=O)c1ccc([C@@H]2C[C@@H](c3cnccn3)CCN2Cc2c(OC)cc(C)c3[nH]ccc23)cc1C[C@@H]1COCCO1. The number of esters is 1. The van der Waals surface area contributed by atoms with Crippen LogP contribution in [0.2, 0.25) is 0 Å². The van der Waals surface area contributed by atoms with Crippen molar-refractivity contribution in [3.05, 3.63) is 88.6 Å². The Kier molecular flexibility index (Phi) is 8.51. The van der Waals surface area contributed by atoms with Gasteiger partial charge in [0.1, 0.15) is 5.75 Å². The highest BCUT2D eigenvalue weighted by atomic mass is 16.6. The molecule has 2 aliphatic heterocycles. The number of carbonyl (C=O) groups is 1. The summed E-state index contributed by atoms with van der Waals surface area (Å²) < 4.78 is 22.7. The summed E-state index contributed by atoms with van der Waals surface area (Å²) >= 11 is 0. The predicted octanol–water partition coefficient (Wildman–Crippen LogP) is 5.14. The van der Waals surface area contributed by atoms with E-state index in [9.17, 15) is 4.79 Å². The Balaban J connectivity index is 1.39. The highest BCUT2D eigenvalue weighted by Gasteiger charge is 2.33. The Bertz CT molecular complexity index is 1530. The van der Waals surface area contributed by atoms with Gasteiger partial charge >= 0.3 is 5.97 Å². The van der Waals surface area contributed by atoms with E-state index in [0.29, 0.717) is 31.8 Å². The largest absolute Gasteiger partial charge is 0.496 e. The van der Waals surface area contributed by atoms with Crippen molar-refractivity contribution in [1.82, 2.24) is 19.9 Å². The summed E-state index contributed by atoms with van der Waals surface area (Å²) in [5.74, 6) is 0.821. The Labute approximate surface area is 246 Å². The third-order valence-corrected chi connectivity index (χ3v) is 8.66. The lowest BCUT2D eigenvalue weighted by Gasteiger charge is -2.40. The van der Waals surface area contributed by atoms with Gasteiger partial charge in [0.25, 0.3) is 0 Å². The van der Waals surface area contributed by atoms with E-state index in [1.807, 2.05) is 18.5 Å². The molecule has 6 rings (SSSR count). The van der Waals surface area contributed by atoms with Crippen molar-refractivity contribution < 1.29 is 23.7 Å². The highest BCUT2D eigenvalue weighted by molar-refractivity contribution is 5.91. The van der Waals surface area contributed by atoms with Crippen molar-refractivity contribution in [2.75, 3.05) is 40.6 Å². The Hall–Kier alpha value is -3.79. The molecule has 3 atom stereocenters. The van der Waals surface area contributed by atoms with Gasteiger partial charge in [-0.3, -0.25) is 14.9 Å². The molecule has 2 aromatic carbocycles. The minimum atomic E-state index is -0.342. The number of aryl methyl sites for hydroxylation is 1. The van der Waals surface area contributed by atoms with Crippen LogP contribution in [-0.4, -0.2) is 72.5 Å². The Morgan fingerprint density at radius 3 is 2.83 bits per heavy atom. The van der Waals surface area contributed by atoms with Gasteiger partial charge in [-0.25, -0.2) is 4.79 Å². The van der Waals surface area contributed by atoms with Gasteiger partial charge in [0.2, 0.25) is 0 Å². The second-order valence-electron chi connectivity index (χ2n) is 11.2. The monoisotopic (exact) mass is 570 g/mol. The van der Waals surface area contributed by atoms with E-state index in [1.165, 1.54) is 18.1 Å². The lowest BCUT2D eigenvalue weighted by Crippen LogP contribution is -2.36. The number of ether oxygens (including phenoxy) is 4. The summed E-state index contributed by atoms with van der Waals surface area (Å²) in [5.41, 5.74) is 7.11. The second kappa shape index (κ2) is 12.6. The number of benzene rings is 2. The molecular weight excluding hydrogens is 532 g/mol. The Morgan fingerprint density at radius 2 is 2.07 bits per heavy atom. The number of nitrogens with zero attached hydrogens (tertiary/aromatic N) is 3. The minimum absolute atomic E-state index is 0.0831. The van der Waals surface area contributed by atoms with Crippen LogP contribution in [0.3, 0.4) is 0 Å². The number of H-pyrrole nitrogens is 1. The normalized spacial score (nSPS) is 21.4. The van der Waals surface area contributed by atoms with Crippen LogP contribution in [-0.2, 0) is 27.2 Å². The smallest absolute Gasteiger partial charge is 0.338 e. The Morgan fingerprint density at radius 1 is 1.17 bits per heavy atom. The third-order valence-electron chi connectivity index (χ3n) is 8.66. The summed E-state index contributed by atoms with van der Waals surface area (Å²) in [5, 5.41) is 1.18. The number of methoxy groups -OCH3 is 2. The van der Waals surface area contributed by atoms with Gasteiger partial charge in [0.15, 0.2) is 0 Å². The summed E-state index contributed by atoms with van der Waals surface area (Å²) in [7, 11) is 3.16. The van der Waals surface area contributed by atoms with Crippen LogP contribution in [0.15, 0.2) is 55.1 Å². The maximum Gasteiger partial charge on any atom is 0.338 e. The summed E-state index contributed by atoms with van der Waals surface area (Å²) in [6, 6.07) is 10.5. The molecule has 4 heterocycles. The maximum absolute atomic E-state index is 12.8.